The smallest absolute Gasteiger partial charge is 0.353 e. The predicted molar refractivity (Wildman–Crippen MR) is 87.8 cm³/mol. The molecule has 0 amide bonds. The van der Waals surface area contributed by atoms with Crippen LogP contribution in [0.5, 0.6) is 0 Å². The van der Waals surface area contributed by atoms with Crippen molar-refractivity contribution in [2.75, 3.05) is 56.1 Å². The Hall–Kier alpha value is -2.00. The number of hydrogen-bond donors (Lipinski definition) is 2. The van der Waals surface area contributed by atoms with Crippen LogP contribution < -0.4 is 10.2 Å². The zero-order chi connectivity index (χ0) is 16.7. The van der Waals surface area contributed by atoms with Gasteiger partial charge < -0.3 is 15.3 Å². The van der Waals surface area contributed by atoms with Crippen LogP contribution in [0.2, 0.25) is 0 Å². The SMILES string of the molecule is CCCCNc1ncnc(N2CCN(CCO)CC2)c1[N+](=O)[O-]. The number of anilines is 2. The molecule has 1 aromatic heterocycles. The van der Waals surface area contributed by atoms with Gasteiger partial charge in [-0.25, -0.2) is 9.97 Å². The van der Waals surface area contributed by atoms with Gasteiger partial charge in [-0.1, -0.05) is 13.3 Å². The molecule has 0 aromatic carbocycles. The number of aliphatic hydroxyl groups is 1. The first-order valence-electron chi connectivity index (χ1n) is 7.98. The fourth-order valence-corrected chi connectivity index (χ4v) is 2.61. The van der Waals surface area contributed by atoms with Gasteiger partial charge >= 0.3 is 5.69 Å². The van der Waals surface area contributed by atoms with Crippen LogP contribution in [0.1, 0.15) is 19.8 Å². The molecule has 2 heterocycles. The fraction of sp³-hybridized carbons (Fsp3) is 0.714. The highest BCUT2D eigenvalue weighted by atomic mass is 16.6. The number of aromatic nitrogens is 2. The summed E-state index contributed by atoms with van der Waals surface area (Å²) in [7, 11) is 0. The summed E-state index contributed by atoms with van der Waals surface area (Å²) in [5.74, 6) is 0.652. The summed E-state index contributed by atoms with van der Waals surface area (Å²) in [5.41, 5.74) is -0.0563. The molecule has 1 aromatic rings. The molecular formula is C14H24N6O3. The van der Waals surface area contributed by atoms with E-state index in [2.05, 4.69) is 27.1 Å². The van der Waals surface area contributed by atoms with Gasteiger partial charge in [0.05, 0.1) is 11.5 Å². The molecule has 0 bridgehead atoms. The Morgan fingerprint density at radius 2 is 2.09 bits per heavy atom. The van der Waals surface area contributed by atoms with Crippen LogP contribution in [-0.2, 0) is 0 Å². The number of unbranched alkanes of at least 4 members (excludes halogenated alkanes) is 1. The summed E-state index contributed by atoms with van der Waals surface area (Å²) < 4.78 is 0. The minimum Gasteiger partial charge on any atom is -0.395 e. The number of rotatable bonds is 8. The second-order valence-corrected chi connectivity index (χ2v) is 5.48. The molecule has 0 saturated carbocycles. The van der Waals surface area contributed by atoms with E-state index < -0.39 is 4.92 Å². The first-order chi connectivity index (χ1) is 11.2. The third kappa shape index (κ3) is 4.49. The summed E-state index contributed by atoms with van der Waals surface area (Å²) in [6, 6.07) is 0. The number of hydrogen-bond acceptors (Lipinski definition) is 8. The average molecular weight is 324 g/mol. The normalized spacial score (nSPS) is 15.7. The molecule has 128 valence electrons. The molecule has 1 aliphatic rings. The third-order valence-corrected chi connectivity index (χ3v) is 3.90. The maximum Gasteiger partial charge on any atom is 0.353 e. The summed E-state index contributed by atoms with van der Waals surface area (Å²) >= 11 is 0. The maximum absolute atomic E-state index is 11.5. The zero-order valence-electron chi connectivity index (χ0n) is 13.4. The molecule has 0 spiro atoms. The van der Waals surface area contributed by atoms with Crippen molar-refractivity contribution in [1.82, 2.24) is 14.9 Å². The number of β-amino-alcohol motifs (C(OH)–C–C–N with tert-alkyl or cyclic N) is 1. The quantitative estimate of drug-likeness (QED) is 0.409. The van der Waals surface area contributed by atoms with Gasteiger partial charge in [-0.3, -0.25) is 15.0 Å². The topological polar surface area (TPSA) is 108 Å². The summed E-state index contributed by atoms with van der Waals surface area (Å²) in [6.45, 7) is 6.26. The molecule has 23 heavy (non-hydrogen) atoms. The lowest BCUT2D eigenvalue weighted by atomic mass is 10.3. The van der Waals surface area contributed by atoms with Crippen molar-refractivity contribution < 1.29 is 10.0 Å². The maximum atomic E-state index is 11.5. The average Bonchev–Trinajstić information content (AvgIpc) is 2.56. The molecule has 1 fully saturated rings. The molecular weight excluding hydrogens is 300 g/mol. The van der Waals surface area contributed by atoms with Gasteiger partial charge in [0.25, 0.3) is 0 Å². The van der Waals surface area contributed by atoms with Crippen molar-refractivity contribution in [2.24, 2.45) is 0 Å². The lowest BCUT2D eigenvalue weighted by Crippen LogP contribution is -2.47. The molecule has 1 aliphatic heterocycles. The largest absolute Gasteiger partial charge is 0.395 e. The van der Waals surface area contributed by atoms with Gasteiger partial charge in [-0.05, 0) is 6.42 Å². The Morgan fingerprint density at radius 1 is 1.35 bits per heavy atom. The van der Waals surface area contributed by atoms with Crippen LogP contribution in [-0.4, -0.2) is 70.8 Å². The standard InChI is InChI=1S/C14H24N6O3/c1-2-3-4-15-13-12(20(22)23)14(17-11-16-13)19-7-5-18(6-8-19)9-10-21/h11,21H,2-10H2,1H3,(H,15,16,17). The van der Waals surface area contributed by atoms with E-state index >= 15 is 0 Å². The molecule has 9 heteroatoms. The molecule has 1 saturated heterocycles. The van der Waals surface area contributed by atoms with Crippen molar-refractivity contribution in [2.45, 2.75) is 19.8 Å². The van der Waals surface area contributed by atoms with Crippen LogP contribution in [0, 0.1) is 10.1 Å². The van der Waals surface area contributed by atoms with Crippen LogP contribution in [0.25, 0.3) is 0 Å². The van der Waals surface area contributed by atoms with Gasteiger partial charge in [0.15, 0.2) is 0 Å². The van der Waals surface area contributed by atoms with Crippen molar-refractivity contribution >= 4 is 17.3 Å². The van der Waals surface area contributed by atoms with Crippen molar-refractivity contribution in [3.05, 3.63) is 16.4 Å². The zero-order valence-corrected chi connectivity index (χ0v) is 13.4. The molecule has 2 rings (SSSR count). The number of piperazine rings is 1. The van der Waals surface area contributed by atoms with E-state index in [-0.39, 0.29) is 18.1 Å². The van der Waals surface area contributed by atoms with Gasteiger partial charge in [-0.2, -0.15) is 0 Å². The number of aliphatic hydroxyl groups excluding tert-OH is 1. The van der Waals surface area contributed by atoms with Crippen molar-refractivity contribution in [3.63, 3.8) is 0 Å². The van der Waals surface area contributed by atoms with E-state index in [1.165, 1.54) is 6.33 Å². The molecule has 0 atom stereocenters. The first kappa shape index (κ1) is 17.4. The van der Waals surface area contributed by atoms with E-state index in [4.69, 9.17) is 5.11 Å². The Kier molecular flexibility index (Phi) is 6.48. The molecule has 9 nitrogen and oxygen atoms in total. The van der Waals surface area contributed by atoms with Gasteiger partial charge in [0.1, 0.15) is 6.33 Å². The van der Waals surface area contributed by atoms with E-state index in [1.807, 2.05) is 4.90 Å². The second-order valence-electron chi connectivity index (χ2n) is 5.48. The van der Waals surface area contributed by atoms with Gasteiger partial charge in [0.2, 0.25) is 11.6 Å². The fourth-order valence-electron chi connectivity index (χ4n) is 2.61. The first-order valence-corrected chi connectivity index (χ1v) is 7.98. The van der Waals surface area contributed by atoms with E-state index in [1.54, 1.807) is 0 Å². The number of nitrogens with zero attached hydrogens (tertiary/aromatic N) is 5. The van der Waals surface area contributed by atoms with E-state index in [9.17, 15) is 10.1 Å². The molecule has 2 N–H and O–H groups in total. The van der Waals surface area contributed by atoms with Crippen LogP contribution in [0.15, 0.2) is 6.33 Å². The number of nitro groups is 1. The van der Waals surface area contributed by atoms with Crippen LogP contribution in [0.3, 0.4) is 0 Å². The third-order valence-electron chi connectivity index (χ3n) is 3.90. The van der Waals surface area contributed by atoms with E-state index in [0.29, 0.717) is 32.0 Å². The van der Waals surface area contributed by atoms with Crippen molar-refractivity contribution in [3.8, 4) is 0 Å². The predicted octanol–water partition coefficient (Wildman–Crippen LogP) is 0.711. The summed E-state index contributed by atoms with van der Waals surface area (Å²) in [5, 5.41) is 23.5. The lowest BCUT2D eigenvalue weighted by molar-refractivity contribution is -0.383. The van der Waals surface area contributed by atoms with E-state index in [0.717, 1.165) is 25.9 Å². The number of nitrogens with one attached hydrogen (secondary N) is 1. The summed E-state index contributed by atoms with van der Waals surface area (Å²) in [4.78, 5) is 23.3. The van der Waals surface area contributed by atoms with Crippen LogP contribution in [0.4, 0.5) is 17.3 Å². The van der Waals surface area contributed by atoms with Crippen molar-refractivity contribution in [1.29, 1.82) is 0 Å². The van der Waals surface area contributed by atoms with Gasteiger partial charge in [-0.15, -0.1) is 0 Å². The lowest BCUT2D eigenvalue weighted by Gasteiger charge is -2.34. The molecule has 0 aliphatic carbocycles. The molecule has 0 radical (unpaired) electrons. The minimum absolute atomic E-state index is 0.0563. The second kappa shape index (κ2) is 8.59. The monoisotopic (exact) mass is 324 g/mol. The Morgan fingerprint density at radius 3 is 2.70 bits per heavy atom. The highest BCUT2D eigenvalue weighted by Crippen LogP contribution is 2.32. The highest BCUT2D eigenvalue weighted by Gasteiger charge is 2.28. The van der Waals surface area contributed by atoms with Crippen LogP contribution >= 0.6 is 0 Å². The minimum atomic E-state index is -0.413. The Bertz CT molecular complexity index is 519. The Balaban J connectivity index is 2.15. The van der Waals surface area contributed by atoms with Gasteiger partial charge in [0, 0.05) is 39.3 Å². The summed E-state index contributed by atoms with van der Waals surface area (Å²) in [6.07, 6.45) is 3.30. The Labute approximate surface area is 135 Å². The molecule has 0 unspecified atom stereocenters. The highest BCUT2D eigenvalue weighted by molar-refractivity contribution is 5.70.